The van der Waals surface area contributed by atoms with Crippen molar-refractivity contribution in [1.29, 1.82) is 0 Å². The molecule has 2 aromatic rings. The molecule has 0 aromatic heterocycles. The number of methoxy groups -OCH3 is 1. The molecule has 0 heterocycles. The number of hydrogen-bond acceptors (Lipinski definition) is 4. The molecule has 0 spiro atoms. The molecule has 0 aliphatic rings. The minimum Gasteiger partial charge on any atom is -0.478 e. The second kappa shape index (κ2) is 6.04. The van der Waals surface area contributed by atoms with Gasteiger partial charge in [0.05, 0.1) is 12.7 Å². The lowest BCUT2D eigenvalue weighted by molar-refractivity contribution is -0.139. The zero-order valence-corrected chi connectivity index (χ0v) is 11.3. The Labute approximate surface area is 120 Å². The molecule has 0 saturated heterocycles. The van der Waals surface area contributed by atoms with Gasteiger partial charge in [0.1, 0.15) is 6.54 Å². The summed E-state index contributed by atoms with van der Waals surface area (Å²) in [5.41, 5.74) is 0.241. The molecule has 2 rings (SSSR count). The number of rotatable bonds is 4. The molecule has 6 heteroatoms. The summed E-state index contributed by atoms with van der Waals surface area (Å²) >= 11 is 0. The quantitative estimate of drug-likeness (QED) is 0.830. The number of carboxylic acid groups (broad SMARTS) is 1. The van der Waals surface area contributed by atoms with Gasteiger partial charge in [0.25, 0.3) is 5.91 Å². The second-order valence-electron chi connectivity index (χ2n) is 4.27. The van der Waals surface area contributed by atoms with Crippen LogP contribution in [0.4, 0.5) is 0 Å². The van der Waals surface area contributed by atoms with Crippen molar-refractivity contribution in [3.05, 3.63) is 47.5 Å². The Morgan fingerprint density at radius 2 is 1.71 bits per heavy atom. The third-order valence-electron chi connectivity index (χ3n) is 3.00. The molecule has 0 aliphatic heterocycles. The highest BCUT2D eigenvalue weighted by Gasteiger charge is 2.16. The van der Waals surface area contributed by atoms with Crippen LogP contribution in [0.1, 0.15) is 20.7 Å². The number of hydrogen-bond donors (Lipinski definition) is 2. The lowest BCUT2D eigenvalue weighted by atomic mass is 9.98. The van der Waals surface area contributed by atoms with Crippen LogP contribution in [0.3, 0.4) is 0 Å². The Bertz CT molecular complexity index is 718. The molecule has 2 N–H and O–H groups in total. The van der Waals surface area contributed by atoms with Gasteiger partial charge in [-0.3, -0.25) is 9.59 Å². The average Bonchev–Trinajstić information content (AvgIpc) is 2.50. The fourth-order valence-electron chi connectivity index (χ4n) is 2.03. The number of carboxylic acids is 1. The molecule has 0 bridgehead atoms. The van der Waals surface area contributed by atoms with Gasteiger partial charge in [0.2, 0.25) is 0 Å². The molecule has 0 saturated carbocycles. The van der Waals surface area contributed by atoms with E-state index < -0.39 is 17.8 Å². The lowest BCUT2D eigenvalue weighted by Crippen LogP contribution is -2.30. The van der Waals surface area contributed by atoms with Gasteiger partial charge in [0, 0.05) is 10.9 Å². The Morgan fingerprint density at radius 3 is 2.29 bits per heavy atom. The number of esters is 1. The van der Waals surface area contributed by atoms with E-state index in [0.29, 0.717) is 10.8 Å². The van der Waals surface area contributed by atoms with E-state index in [-0.39, 0.29) is 17.7 Å². The Morgan fingerprint density at radius 1 is 1.10 bits per heavy atom. The molecule has 0 aliphatic carbocycles. The van der Waals surface area contributed by atoms with Crippen molar-refractivity contribution >= 4 is 28.6 Å². The summed E-state index contributed by atoms with van der Waals surface area (Å²) in [5, 5.41) is 12.6. The standard InChI is InChI=1S/C15H13NO5/c1-21-12(17)8-16-14(18)10-6-2-4-9-5-3-7-11(13(9)10)15(19)20/h2-7H,8H2,1H3,(H,16,18)(H,19,20). The zero-order chi connectivity index (χ0) is 15.4. The number of benzene rings is 2. The third kappa shape index (κ3) is 3.00. The Balaban J connectivity index is 2.46. The molecule has 0 radical (unpaired) electrons. The van der Waals surface area contributed by atoms with Crippen molar-refractivity contribution < 1.29 is 24.2 Å². The number of amides is 1. The van der Waals surface area contributed by atoms with Crippen molar-refractivity contribution in [2.75, 3.05) is 13.7 Å². The van der Waals surface area contributed by atoms with Gasteiger partial charge >= 0.3 is 11.9 Å². The van der Waals surface area contributed by atoms with Crippen LogP contribution in [-0.2, 0) is 9.53 Å². The summed E-state index contributed by atoms with van der Waals surface area (Å²) in [4.78, 5) is 34.5. The minimum atomic E-state index is -1.12. The maximum absolute atomic E-state index is 12.1. The highest BCUT2D eigenvalue weighted by atomic mass is 16.5. The van der Waals surface area contributed by atoms with Crippen LogP contribution in [0.2, 0.25) is 0 Å². The van der Waals surface area contributed by atoms with E-state index in [9.17, 15) is 19.5 Å². The first-order valence-corrected chi connectivity index (χ1v) is 6.14. The van der Waals surface area contributed by atoms with Gasteiger partial charge in [0.15, 0.2) is 0 Å². The molecule has 1 amide bonds. The topological polar surface area (TPSA) is 92.7 Å². The Kier molecular flexibility index (Phi) is 4.18. The summed E-state index contributed by atoms with van der Waals surface area (Å²) in [5.74, 6) is -2.23. The predicted octanol–water partition coefficient (Wildman–Crippen LogP) is 1.44. The average molecular weight is 287 g/mol. The van der Waals surface area contributed by atoms with Crippen molar-refractivity contribution in [1.82, 2.24) is 5.32 Å². The largest absolute Gasteiger partial charge is 0.478 e. The number of ether oxygens (including phenoxy) is 1. The summed E-state index contributed by atoms with van der Waals surface area (Å²) in [6.07, 6.45) is 0. The molecular formula is C15H13NO5. The third-order valence-corrected chi connectivity index (χ3v) is 3.00. The van der Waals surface area contributed by atoms with Crippen LogP contribution < -0.4 is 5.32 Å². The first kappa shape index (κ1) is 14.5. The monoisotopic (exact) mass is 287 g/mol. The van der Waals surface area contributed by atoms with Crippen molar-refractivity contribution in [3.63, 3.8) is 0 Å². The fourth-order valence-corrected chi connectivity index (χ4v) is 2.03. The van der Waals surface area contributed by atoms with Crippen LogP contribution >= 0.6 is 0 Å². The van der Waals surface area contributed by atoms with Gasteiger partial charge < -0.3 is 15.2 Å². The highest BCUT2D eigenvalue weighted by molar-refractivity contribution is 6.14. The molecular weight excluding hydrogens is 274 g/mol. The van der Waals surface area contributed by atoms with E-state index in [1.165, 1.54) is 19.2 Å². The van der Waals surface area contributed by atoms with Gasteiger partial charge in [-0.15, -0.1) is 0 Å². The van der Waals surface area contributed by atoms with E-state index in [2.05, 4.69) is 10.1 Å². The molecule has 0 fully saturated rings. The number of aromatic carboxylic acids is 1. The minimum absolute atomic E-state index is 0.0383. The molecule has 21 heavy (non-hydrogen) atoms. The number of carbonyl (C=O) groups excluding carboxylic acids is 2. The second-order valence-corrected chi connectivity index (χ2v) is 4.27. The summed E-state index contributed by atoms with van der Waals surface area (Å²) in [6, 6.07) is 9.66. The summed E-state index contributed by atoms with van der Waals surface area (Å²) in [7, 11) is 1.22. The first-order chi connectivity index (χ1) is 10.0. The number of carbonyl (C=O) groups is 3. The zero-order valence-electron chi connectivity index (χ0n) is 11.3. The van der Waals surface area contributed by atoms with Crippen LogP contribution in [0.25, 0.3) is 10.8 Å². The van der Waals surface area contributed by atoms with Gasteiger partial charge in [-0.05, 0) is 17.5 Å². The van der Waals surface area contributed by atoms with E-state index >= 15 is 0 Å². The van der Waals surface area contributed by atoms with Crippen LogP contribution in [0.15, 0.2) is 36.4 Å². The molecule has 6 nitrogen and oxygen atoms in total. The number of fused-ring (bicyclic) bond motifs is 1. The normalized spacial score (nSPS) is 10.1. The van der Waals surface area contributed by atoms with Crippen molar-refractivity contribution in [2.45, 2.75) is 0 Å². The van der Waals surface area contributed by atoms with E-state index in [0.717, 1.165) is 0 Å². The number of nitrogens with one attached hydrogen (secondary N) is 1. The SMILES string of the molecule is COC(=O)CNC(=O)c1cccc2cccc(C(=O)O)c12. The predicted molar refractivity (Wildman–Crippen MR) is 75.3 cm³/mol. The summed E-state index contributed by atoms with van der Waals surface area (Å²) < 4.78 is 4.44. The highest BCUT2D eigenvalue weighted by Crippen LogP contribution is 2.23. The van der Waals surface area contributed by atoms with Gasteiger partial charge in [-0.25, -0.2) is 4.79 Å². The van der Waals surface area contributed by atoms with Gasteiger partial charge in [-0.2, -0.15) is 0 Å². The fraction of sp³-hybridized carbons (Fsp3) is 0.133. The molecule has 0 unspecified atom stereocenters. The van der Waals surface area contributed by atoms with E-state index in [4.69, 9.17) is 0 Å². The van der Waals surface area contributed by atoms with Crippen LogP contribution in [-0.4, -0.2) is 36.6 Å². The maximum atomic E-state index is 12.1. The van der Waals surface area contributed by atoms with Crippen LogP contribution in [0, 0.1) is 0 Å². The molecule has 108 valence electrons. The first-order valence-electron chi connectivity index (χ1n) is 6.14. The maximum Gasteiger partial charge on any atom is 0.336 e. The van der Waals surface area contributed by atoms with Gasteiger partial charge in [-0.1, -0.05) is 24.3 Å². The van der Waals surface area contributed by atoms with Crippen molar-refractivity contribution in [3.8, 4) is 0 Å². The van der Waals surface area contributed by atoms with Crippen molar-refractivity contribution in [2.24, 2.45) is 0 Å². The Hall–Kier alpha value is -2.89. The van der Waals surface area contributed by atoms with Crippen LogP contribution in [0.5, 0.6) is 0 Å². The van der Waals surface area contributed by atoms with E-state index in [1.807, 2.05) is 0 Å². The molecule has 0 atom stereocenters. The lowest BCUT2D eigenvalue weighted by Gasteiger charge is -2.09. The summed E-state index contributed by atoms with van der Waals surface area (Å²) in [6.45, 7) is -0.277. The smallest absolute Gasteiger partial charge is 0.336 e. The molecule has 2 aromatic carbocycles. The van der Waals surface area contributed by atoms with E-state index in [1.54, 1.807) is 24.3 Å².